The molecule has 8 aromatic rings. The average molecular weight is 628 g/mol. The largest absolute Gasteiger partial charge is 0.309 e. The molecule has 0 saturated carbocycles. The average Bonchev–Trinajstić information content (AvgIpc) is 3.49. The number of aromatic nitrogens is 1. The Hall–Kier alpha value is -6.46. The Bertz CT molecular complexity index is 2340. The maximum Gasteiger partial charge on any atom is 0.179 e. The van der Waals surface area contributed by atoms with E-state index in [0.717, 1.165) is 33.1 Å². The molecule has 0 amide bonds. The summed E-state index contributed by atoms with van der Waals surface area (Å²) in [7, 11) is -2.65. The summed E-state index contributed by atoms with van der Waals surface area (Å²) in [5.41, 5.74) is 6.51. The first kappa shape index (κ1) is 29.0. The minimum Gasteiger partial charge on any atom is -0.309 e. The van der Waals surface area contributed by atoms with Crippen molar-refractivity contribution in [2.45, 2.75) is 0 Å². The molecule has 0 aliphatic carbocycles. The monoisotopic (exact) mass is 627 g/mol. The van der Waals surface area contributed by atoms with Gasteiger partial charge in [-0.2, -0.15) is 10.5 Å². The van der Waals surface area contributed by atoms with E-state index in [1.807, 2.05) is 36.4 Å². The molecule has 0 bridgehead atoms. The molecule has 1 aromatic heterocycles. The van der Waals surface area contributed by atoms with Crippen molar-refractivity contribution in [3.63, 3.8) is 0 Å². The number of nitriles is 2. The summed E-state index contributed by atoms with van der Waals surface area (Å²) in [5.74, 6) is 0. The van der Waals surface area contributed by atoms with Crippen molar-refractivity contribution < 1.29 is 0 Å². The summed E-state index contributed by atoms with van der Waals surface area (Å²) >= 11 is 0. The molecule has 7 aromatic carbocycles. The molecule has 224 valence electrons. The third kappa shape index (κ3) is 4.72. The minimum absolute atomic E-state index is 0.597. The van der Waals surface area contributed by atoms with Gasteiger partial charge in [-0.1, -0.05) is 127 Å². The highest BCUT2D eigenvalue weighted by Gasteiger charge is 2.41. The van der Waals surface area contributed by atoms with Crippen LogP contribution in [0.4, 0.5) is 0 Å². The summed E-state index contributed by atoms with van der Waals surface area (Å²) in [6, 6.07) is 66.8. The maximum absolute atomic E-state index is 9.59. The van der Waals surface area contributed by atoms with E-state index in [1.165, 1.54) is 26.3 Å². The zero-order chi connectivity index (χ0) is 32.5. The highest BCUT2D eigenvalue weighted by atomic mass is 28.3. The molecule has 1 heterocycles. The molecule has 8 rings (SSSR count). The molecule has 48 heavy (non-hydrogen) atoms. The van der Waals surface area contributed by atoms with Crippen molar-refractivity contribution in [3.8, 4) is 29.0 Å². The molecule has 0 fully saturated rings. The SMILES string of the molecule is N#Cc1ccc2c(c1)c1cc(C#N)ccc1n2-c1ccc(-c2cccc([Si](c3ccccc3)(c3ccccc3)c3ccccc3)c2)cc1. The summed E-state index contributed by atoms with van der Waals surface area (Å²) in [6.07, 6.45) is 0. The molecule has 0 saturated heterocycles. The van der Waals surface area contributed by atoms with E-state index >= 15 is 0 Å². The quantitative estimate of drug-likeness (QED) is 0.141. The standard InChI is InChI=1S/C44H29N3Si/c45-30-32-19-25-43-41(27-32)42-28-33(31-46)20-26-44(42)47(43)36-23-21-34(22-24-36)35-11-10-18-40(29-35)48(37-12-4-1-5-13-37,38-14-6-2-7-15-38)39-16-8-3-9-17-39/h1-29H. The topological polar surface area (TPSA) is 52.5 Å². The van der Waals surface area contributed by atoms with Crippen LogP contribution in [0.1, 0.15) is 11.1 Å². The zero-order valence-corrected chi connectivity index (χ0v) is 27.1. The van der Waals surface area contributed by atoms with E-state index in [-0.39, 0.29) is 0 Å². The molecule has 0 atom stereocenters. The highest BCUT2D eigenvalue weighted by Crippen LogP contribution is 2.34. The van der Waals surface area contributed by atoms with Gasteiger partial charge in [-0.15, -0.1) is 0 Å². The summed E-state index contributed by atoms with van der Waals surface area (Å²) < 4.78 is 2.21. The molecular formula is C44H29N3Si. The van der Waals surface area contributed by atoms with Crippen molar-refractivity contribution in [2.24, 2.45) is 0 Å². The molecule has 4 heteroatoms. The van der Waals surface area contributed by atoms with Crippen molar-refractivity contribution in [3.05, 3.63) is 187 Å². The van der Waals surface area contributed by atoms with Gasteiger partial charge >= 0.3 is 0 Å². The maximum atomic E-state index is 9.59. The summed E-state index contributed by atoms with van der Waals surface area (Å²) in [4.78, 5) is 0. The van der Waals surface area contributed by atoms with Crippen LogP contribution in [-0.2, 0) is 0 Å². The van der Waals surface area contributed by atoms with Crippen LogP contribution < -0.4 is 20.7 Å². The molecule has 0 radical (unpaired) electrons. The van der Waals surface area contributed by atoms with Gasteiger partial charge in [-0.25, -0.2) is 0 Å². The van der Waals surface area contributed by atoms with Crippen LogP contribution in [-0.4, -0.2) is 12.6 Å². The molecule has 0 N–H and O–H groups in total. The van der Waals surface area contributed by atoms with Crippen LogP contribution >= 0.6 is 0 Å². The van der Waals surface area contributed by atoms with E-state index in [9.17, 15) is 10.5 Å². The van der Waals surface area contributed by atoms with Gasteiger partial charge in [0.05, 0.1) is 34.3 Å². The van der Waals surface area contributed by atoms with E-state index in [0.29, 0.717) is 11.1 Å². The first-order valence-corrected chi connectivity index (χ1v) is 18.0. The number of benzene rings is 7. The smallest absolute Gasteiger partial charge is 0.179 e. The Labute approximate surface area is 280 Å². The Morgan fingerprint density at radius 2 is 0.854 bits per heavy atom. The van der Waals surface area contributed by atoms with Crippen LogP contribution in [0.2, 0.25) is 0 Å². The fourth-order valence-electron chi connectivity index (χ4n) is 7.24. The van der Waals surface area contributed by atoms with E-state index < -0.39 is 8.07 Å². The van der Waals surface area contributed by atoms with E-state index in [4.69, 9.17) is 0 Å². The number of hydrogen-bond acceptors (Lipinski definition) is 2. The minimum atomic E-state index is -2.65. The lowest BCUT2D eigenvalue weighted by Crippen LogP contribution is -2.74. The lowest BCUT2D eigenvalue weighted by atomic mass is 10.1. The van der Waals surface area contributed by atoms with Crippen molar-refractivity contribution in [1.29, 1.82) is 10.5 Å². The van der Waals surface area contributed by atoms with Gasteiger partial charge in [0.25, 0.3) is 0 Å². The molecule has 0 spiro atoms. The van der Waals surface area contributed by atoms with Gasteiger partial charge in [0.1, 0.15) is 0 Å². The normalized spacial score (nSPS) is 11.3. The predicted molar refractivity (Wildman–Crippen MR) is 199 cm³/mol. The molecule has 3 nitrogen and oxygen atoms in total. The van der Waals surface area contributed by atoms with Gasteiger partial charge in [-0.05, 0) is 80.4 Å². The van der Waals surface area contributed by atoms with Gasteiger partial charge in [0, 0.05) is 16.5 Å². The Balaban J connectivity index is 1.28. The Morgan fingerprint density at radius 3 is 1.31 bits per heavy atom. The Morgan fingerprint density at radius 1 is 0.396 bits per heavy atom. The first-order chi connectivity index (χ1) is 23.7. The second-order valence-electron chi connectivity index (χ2n) is 12.0. The second-order valence-corrected chi connectivity index (χ2v) is 15.8. The summed E-state index contributed by atoms with van der Waals surface area (Å²) in [6.45, 7) is 0. The van der Waals surface area contributed by atoms with Crippen molar-refractivity contribution in [2.75, 3.05) is 0 Å². The van der Waals surface area contributed by atoms with Gasteiger partial charge in [0.2, 0.25) is 0 Å². The number of rotatable bonds is 6. The number of fused-ring (bicyclic) bond motifs is 3. The van der Waals surface area contributed by atoms with Crippen molar-refractivity contribution in [1.82, 2.24) is 4.57 Å². The lowest BCUT2D eigenvalue weighted by molar-refractivity contribution is 1.18. The molecular weight excluding hydrogens is 599 g/mol. The van der Waals surface area contributed by atoms with Gasteiger partial charge < -0.3 is 4.57 Å². The summed E-state index contributed by atoms with van der Waals surface area (Å²) in [5, 5.41) is 26.5. The highest BCUT2D eigenvalue weighted by molar-refractivity contribution is 7.19. The third-order valence-corrected chi connectivity index (χ3v) is 14.2. The van der Waals surface area contributed by atoms with Crippen LogP contribution in [0.15, 0.2) is 176 Å². The zero-order valence-electron chi connectivity index (χ0n) is 26.1. The van der Waals surface area contributed by atoms with Crippen molar-refractivity contribution >= 4 is 50.6 Å². The molecule has 0 aliphatic rings. The van der Waals surface area contributed by atoms with E-state index in [1.54, 1.807) is 0 Å². The first-order valence-electron chi connectivity index (χ1n) is 16.0. The number of hydrogen-bond donors (Lipinski definition) is 0. The predicted octanol–water partition coefficient (Wildman–Crippen LogP) is 7.57. The van der Waals surface area contributed by atoms with Gasteiger partial charge in [0.15, 0.2) is 8.07 Å². The van der Waals surface area contributed by atoms with Crippen LogP contribution in [0.3, 0.4) is 0 Å². The number of nitrogens with zero attached hydrogens (tertiary/aromatic N) is 3. The fourth-order valence-corrected chi connectivity index (χ4v) is 12.0. The third-order valence-electron chi connectivity index (χ3n) is 9.40. The van der Waals surface area contributed by atoms with Crippen LogP contribution in [0, 0.1) is 22.7 Å². The Kier molecular flexibility index (Phi) is 7.27. The van der Waals surface area contributed by atoms with Crippen LogP contribution in [0.5, 0.6) is 0 Å². The molecule has 0 aliphatic heterocycles. The van der Waals surface area contributed by atoms with Gasteiger partial charge in [-0.3, -0.25) is 0 Å². The molecule has 0 unspecified atom stereocenters. The van der Waals surface area contributed by atoms with E-state index in [2.05, 4.69) is 156 Å². The lowest BCUT2D eigenvalue weighted by Gasteiger charge is -2.34. The fraction of sp³-hybridized carbons (Fsp3) is 0. The van der Waals surface area contributed by atoms with Crippen LogP contribution in [0.25, 0.3) is 38.6 Å². The second kappa shape index (κ2) is 12.0.